The second-order valence-corrected chi connectivity index (χ2v) is 13.2. The van der Waals surface area contributed by atoms with Crippen LogP contribution in [0.25, 0.3) is 0 Å². The first kappa shape index (κ1) is 35.7. The number of nitrogens with zero attached hydrogens (tertiary/aromatic N) is 3. The molecule has 2 unspecified atom stereocenters. The molecule has 0 saturated heterocycles. The summed E-state index contributed by atoms with van der Waals surface area (Å²) in [6.45, 7) is 11.5. The second-order valence-electron chi connectivity index (χ2n) is 8.51. The lowest BCUT2D eigenvalue weighted by atomic mass is 10.1. The first-order valence-electron chi connectivity index (χ1n) is 12.1. The normalized spacial score (nSPS) is 13.6. The zero-order valence-corrected chi connectivity index (χ0v) is 26.9. The fourth-order valence-electron chi connectivity index (χ4n) is 3.35. The monoisotopic (exact) mass is 641 g/mol. The van der Waals surface area contributed by atoms with Crippen molar-refractivity contribution in [3.63, 3.8) is 0 Å². The van der Waals surface area contributed by atoms with Crippen LogP contribution in [0.2, 0.25) is 10.0 Å². The lowest BCUT2D eigenvalue weighted by Crippen LogP contribution is -2.36. The van der Waals surface area contributed by atoms with Gasteiger partial charge in [-0.2, -0.15) is 0 Å². The quantitative estimate of drug-likeness (QED) is 0.280. The van der Waals surface area contributed by atoms with E-state index < -0.39 is 31.9 Å². The van der Waals surface area contributed by atoms with Crippen molar-refractivity contribution >= 4 is 55.1 Å². The Labute approximate surface area is 246 Å². The number of hydrogen-bond acceptors (Lipinski definition) is 8. The van der Waals surface area contributed by atoms with Crippen LogP contribution in [-0.2, 0) is 43.5 Å². The van der Waals surface area contributed by atoms with E-state index in [2.05, 4.69) is 20.4 Å². The molecule has 12 nitrogen and oxygen atoms in total. The molecule has 2 N–H and O–H groups in total. The Morgan fingerprint density at radius 2 is 1.43 bits per heavy atom. The fourth-order valence-corrected chi connectivity index (χ4v) is 7.14. The van der Waals surface area contributed by atoms with Crippen LogP contribution in [0.15, 0.2) is 39.2 Å². The van der Waals surface area contributed by atoms with E-state index >= 15 is 0 Å². The minimum Gasteiger partial charge on any atom is -0.461 e. The molecule has 2 atom stereocenters. The van der Waals surface area contributed by atoms with E-state index in [1.54, 1.807) is 27.0 Å². The van der Waals surface area contributed by atoms with Crippen LogP contribution in [0.3, 0.4) is 0 Å². The molecule has 0 spiro atoms. The van der Waals surface area contributed by atoms with Crippen molar-refractivity contribution in [2.75, 3.05) is 27.3 Å². The molecule has 0 bridgehead atoms. The number of rotatable bonds is 11. The number of carbonyl (C=O) groups is 2. The molecule has 0 fully saturated rings. The molecule has 0 amide bonds. The summed E-state index contributed by atoms with van der Waals surface area (Å²) in [6, 6.07) is -0.214. The molecular formula is C24H37Cl2N5O7S2. The Bertz CT molecular complexity index is 1460. The van der Waals surface area contributed by atoms with Crippen molar-refractivity contribution in [2.24, 2.45) is 24.4 Å². The van der Waals surface area contributed by atoms with E-state index in [0.717, 1.165) is 0 Å². The van der Waals surface area contributed by atoms with Gasteiger partial charge in [0.15, 0.2) is 0 Å². The molecule has 40 heavy (non-hydrogen) atoms. The molecule has 0 aliphatic rings. The fraction of sp³-hybridized carbons (Fsp3) is 0.500. The van der Waals surface area contributed by atoms with Gasteiger partial charge in [-0.1, -0.05) is 43.1 Å². The lowest BCUT2D eigenvalue weighted by molar-refractivity contribution is 0.0506. The van der Waals surface area contributed by atoms with Gasteiger partial charge in [-0.25, -0.2) is 36.0 Å². The van der Waals surface area contributed by atoms with Gasteiger partial charge in [0, 0.05) is 39.6 Å². The van der Waals surface area contributed by atoms with Crippen molar-refractivity contribution in [2.45, 2.75) is 43.5 Å². The van der Waals surface area contributed by atoms with E-state index in [4.69, 9.17) is 32.7 Å². The Kier molecular flexibility index (Phi) is 13.4. The van der Waals surface area contributed by atoms with Crippen LogP contribution in [0.5, 0.6) is 0 Å². The highest BCUT2D eigenvalue weighted by molar-refractivity contribution is 7.92. The second kappa shape index (κ2) is 15.0. The van der Waals surface area contributed by atoms with Crippen molar-refractivity contribution in [1.29, 1.82) is 0 Å². The molecule has 2 rings (SSSR count). The van der Waals surface area contributed by atoms with Gasteiger partial charge < -0.3 is 18.6 Å². The topological polar surface area (TPSA) is 150 Å². The SMILES string of the molecule is C=CC(NS(=O)(=NC)c1cn(C)c(C(=O)OCC)c1Cl)C(C)C.CCOC(=O)c1c(Cl)c(S(=O)(=O)NC)cn1C. The van der Waals surface area contributed by atoms with E-state index in [9.17, 15) is 22.2 Å². The molecule has 0 aliphatic heterocycles. The van der Waals surface area contributed by atoms with Gasteiger partial charge in [0.2, 0.25) is 10.0 Å². The van der Waals surface area contributed by atoms with Gasteiger partial charge in [0.25, 0.3) is 0 Å². The van der Waals surface area contributed by atoms with E-state index in [-0.39, 0.29) is 56.4 Å². The maximum atomic E-state index is 13.2. The highest BCUT2D eigenvalue weighted by Gasteiger charge is 2.28. The third kappa shape index (κ3) is 8.10. The molecule has 2 aromatic heterocycles. The summed E-state index contributed by atoms with van der Waals surface area (Å²) in [7, 11) is -0.811. The van der Waals surface area contributed by atoms with Crippen LogP contribution >= 0.6 is 23.2 Å². The number of esters is 2. The van der Waals surface area contributed by atoms with Crippen molar-refractivity contribution in [3.8, 4) is 0 Å². The number of sulfonamides is 1. The average Bonchev–Trinajstić information content (AvgIpc) is 3.37. The molecule has 0 radical (unpaired) electrons. The molecule has 0 saturated carbocycles. The molecule has 2 heterocycles. The number of halogens is 2. The van der Waals surface area contributed by atoms with Crippen molar-refractivity contribution < 1.29 is 31.7 Å². The number of hydrogen-bond donors (Lipinski definition) is 2. The zero-order chi connectivity index (χ0) is 31.0. The highest BCUT2D eigenvalue weighted by Crippen LogP contribution is 2.30. The molecular weight excluding hydrogens is 605 g/mol. The third-order valence-electron chi connectivity index (χ3n) is 5.49. The molecule has 0 aromatic carbocycles. The third-order valence-corrected chi connectivity index (χ3v) is 9.92. The summed E-state index contributed by atoms with van der Waals surface area (Å²) in [6.07, 6.45) is 4.48. The standard InChI is InChI=1S/C15H24ClN3O3S.C9H13ClN2O4S/c1-7-11(10(3)4)18-23(21,17-5)12-9-19(6)14(13(12)16)15(20)22-8-2;1-4-16-9(13)8-7(10)6(5-12(8)3)17(14,15)11-2/h7,9-11H,1,8H2,2-6H3,(H,17,18,21);5,11H,4H2,1-3H3. The molecule has 226 valence electrons. The minimum atomic E-state index is -3.69. The predicted octanol–water partition coefficient (Wildman–Crippen LogP) is 3.79. The number of aryl methyl sites for hydroxylation is 2. The smallest absolute Gasteiger partial charge is 0.356 e. The maximum Gasteiger partial charge on any atom is 0.356 e. The van der Waals surface area contributed by atoms with E-state index in [0.29, 0.717) is 0 Å². The minimum absolute atomic E-state index is 0.0161. The highest BCUT2D eigenvalue weighted by atomic mass is 35.5. The number of nitrogens with one attached hydrogen (secondary N) is 2. The van der Waals surface area contributed by atoms with Gasteiger partial charge in [-0.3, -0.25) is 0 Å². The Morgan fingerprint density at radius 3 is 1.77 bits per heavy atom. The van der Waals surface area contributed by atoms with Gasteiger partial charge in [-0.05, 0) is 26.8 Å². The van der Waals surface area contributed by atoms with Crippen LogP contribution in [-0.4, -0.2) is 67.1 Å². The van der Waals surface area contributed by atoms with Gasteiger partial charge in [0.1, 0.15) is 26.2 Å². The van der Waals surface area contributed by atoms with Crippen LogP contribution < -0.4 is 9.44 Å². The first-order chi connectivity index (χ1) is 18.6. The van der Waals surface area contributed by atoms with Crippen molar-refractivity contribution in [3.05, 3.63) is 46.5 Å². The number of carbonyl (C=O) groups excluding carboxylic acids is 2. The van der Waals surface area contributed by atoms with Crippen LogP contribution in [0.1, 0.15) is 48.7 Å². The molecule has 2 aromatic rings. The largest absolute Gasteiger partial charge is 0.461 e. The molecule has 16 heteroatoms. The van der Waals surface area contributed by atoms with Gasteiger partial charge >= 0.3 is 11.9 Å². The lowest BCUT2D eigenvalue weighted by Gasteiger charge is -2.21. The van der Waals surface area contributed by atoms with Gasteiger partial charge in [-0.15, -0.1) is 6.58 Å². The van der Waals surface area contributed by atoms with Gasteiger partial charge in [0.05, 0.1) is 28.2 Å². The number of ether oxygens (including phenoxy) is 2. The summed E-state index contributed by atoms with van der Waals surface area (Å²) in [5.41, 5.74) is 0.170. The Morgan fingerprint density at radius 1 is 1.00 bits per heavy atom. The summed E-state index contributed by atoms with van der Waals surface area (Å²) in [4.78, 5) is 23.7. The van der Waals surface area contributed by atoms with Crippen LogP contribution in [0, 0.1) is 5.92 Å². The predicted molar refractivity (Wildman–Crippen MR) is 156 cm³/mol. The summed E-state index contributed by atoms with van der Waals surface area (Å²) < 4.78 is 58.2. The Balaban J connectivity index is 0.000000418. The van der Waals surface area contributed by atoms with E-state index in [1.807, 2.05) is 13.8 Å². The first-order valence-corrected chi connectivity index (χ1v) is 15.8. The summed E-state index contributed by atoms with van der Waals surface area (Å²) in [5, 5.41) is -0.0547. The van der Waals surface area contributed by atoms with Crippen LogP contribution in [0.4, 0.5) is 0 Å². The number of aromatic nitrogens is 2. The van der Waals surface area contributed by atoms with Crippen molar-refractivity contribution in [1.82, 2.24) is 18.6 Å². The molecule has 0 aliphatic carbocycles. The summed E-state index contributed by atoms with van der Waals surface area (Å²) in [5.74, 6) is -1.05. The summed E-state index contributed by atoms with van der Waals surface area (Å²) >= 11 is 12.2. The van der Waals surface area contributed by atoms with E-state index in [1.165, 1.54) is 42.7 Å². The zero-order valence-electron chi connectivity index (χ0n) is 23.8. The average molecular weight is 643 g/mol. The maximum absolute atomic E-state index is 13.2. The Hall–Kier alpha value is -2.36.